The van der Waals surface area contributed by atoms with E-state index in [0.29, 0.717) is 17.9 Å². The zero-order valence-corrected chi connectivity index (χ0v) is 14.3. The van der Waals surface area contributed by atoms with Gasteiger partial charge in [-0.25, -0.2) is 4.79 Å². The van der Waals surface area contributed by atoms with E-state index in [4.69, 9.17) is 4.74 Å². The minimum atomic E-state index is -0.476. The van der Waals surface area contributed by atoms with Gasteiger partial charge in [0.1, 0.15) is 17.4 Å². The minimum Gasteiger partial charge on any atom is -0.482 e. The number of esters is 1. The minimum absolute atomic E-state index is 0.00385. The third-order valence-electron chi connectivity index (χ3n) is 3.44. The molecule has 0 spiro atoms. The summed E-state index contributed by atoms with van der Waals surface area (Å²) in [5, 5.41) is 11.9. The van der Waals surface area contributed by atoms with Crippen molar-refractivity contribution in [2.24, 2.45) is 0 Å². The third kappa shape index (κ3) is 5.80. The Kier molecular flexibility index (Phi) is 6.95. The average Bonchev–Trinajstić information content (AvgIpc) is 2.70. The lowest BCUT2D eigenvalue weighted by atomic mass is 10.1. The Morgan fingerprint density at radius 2 is 1.81 bits per heavy atom. The number of hydrogen-bond acceptors (Lipinski definition) is 5. The molecule has 2 rings (SSSR count). The summed E-state index contributed by atoms with van der Waals surface area (Å²) in [5.74, 6) is -0.433. The van der Waals surface area contributed by atoms with Crippen LogP contribution in [0.25, 0.3) is 6.08 Å². The van der Waals surface area contributed by atoms with Gasteiger partial charge in [0.05, 0.1) is 7.11 Å². The summed E-state index contributed by atoms with van der Waals surface area (Å²) in [6.07, 6.45) is 1.49. The first-order chi connectivity index (χ1) is 12.6. The highest BCUT2D eigenvalue weighted by Crippen LogP contribution is 2.15. The fourth-order valence-electron chi connectivity index (χ4n) is 2.05. The van der Waals surface area contributed by atoms with Gasteiger partial charge in [0.2, 0.25) is 0 Å². The predicted molar refractivity (Wildman–Crippen MR) is 95.8 cm³/mol. The monoisotopic (exact) mass is 350 g/mol. The Bertz CT molecular complexity index is 821. The Hall–Kier alpha value is -3.59. The molecule has 0 saturated heterocycles. The van der Waals surface area contributed by atoms with Crippen molar-refractivity contribution in [3.8, 4) is 11.8 Å². The van der Waals surface area contributed by atoms with Crippen LogP contribution in [0.3, 0.4) is 0 Å². The second kappa shape index (κ2) is 9.64. The van der Waals surface area contributed by atoms with E-state index in [1.807, 2.05) is 36.4 Å². The molecular weight excluding hydrogens is 332 g/mol. The van der Waals surface area contributed by atoms with Crippen LogP contribution in [0.5, 0.6) is 5.75 Å². The molecule has 0 fully saturated rings. The van der Waals surface area contributed by atoms with Gasteiger partial charge >= 0.3 is 5.97 Å². The number of ether oxygens (including phenoxy) is 2. The topological polar surface area (TPSA) is 88.4 Å². The van der Waals surface area contributed by atoms with Crippen LogP contribution in [-0.4, -0.2) is 25.6 Å². The zero-order chi connectivity index (χ0) is 18.8. The predicted octanol–water partition coefficient (Wildman–Crippen LogP) is 2.46. The number of hydrogen-bond donors (Lipinski definition) is 1. The summed E-state index contributed by atoms with van der Waals surface area (Å²) in [4.78, 5) is 23.2. The standard InChI is InChI=1S/C20H18N2O4/c1-25-19(23)14-26-18-9-7-15(8-10-18)11-17(12-21)20(24)22-13-16-5-3-2-4-6-16/h2-11H,13-14H2,1H3,(H,22,24)/b17-11+. The maximum Gasteiger partial charge on any atom is 0.343 e. The Balaban J connectivity index is 1.97. The van der Waals surface area contributed by atoms with Gasteiger partial charge in [-0.15, -0.1) is 0 Å². The van der Waals surface area contributed by atoms with E-state index in [-0.39, 0.29) is 12.2 Å². The molecule has 0 aliphatic rings. The number of carbonyl (C=O) groups excluding carboxylic acids is 2. The first-order valence-electron chi connectivity index (χ1n) is 7.86. The van der Waals surface area contributed by atoms with Gasteiger partial charge in [-0.1, -0.05) is 42.5 Å². The van der Waals surface area contributed by atoms with E-state index in [9.17, 15) is 14.9 Å². The van der Waals surface area contributed by atoms with Crippen LogP contribution < -0.4 is 10.1 Å². The van der Waals surface area contributed by atoms with Crippen LogP contribution in [0.2, 0.25) is 0 Å². The van der Waals surface area contributed by atoms with E-state index in [1.165, 1.54) is 13.2 Å². The number of carbonyl (C=O) groups is 2. The van der Waals surface area contributed by atoms with Gasteiger partial charge in [-0.2, -0.15) is 5.26 Å². The van der Waals surface area contributed by atoms with Gasteiger partial charge in [-0.05, 0) is 29.3 Å². The average molecular weight is 350 g/mol. The van der Waals surface area contributed by atoms with Crippen LogP contribution in [0, 0.1) is 11.3 Å². The maximum absolute atomic E-state index is 12.2. The molecule has 0 saturated carbocycles. The lowest BCUT2D eigenvalue weighted by Crippen LogP contribution is -2.23. The molecule has 0 aromatic heterocycles. The van der Waals surface area contributed by atoms with Gasteiger partial charge in [0.25, 0.3) is 5.91 Å². The molecule has 0 radical (unpaired) electrons. The van der Waals surface area contributed by atoms with E-state index in [2.05, 4.69) is 10.1 Å². The highest BCUT2D eigenvalue weighted by molar-refractivity contribution is 6.01. The van der Waals surface area contributed by atoms with Crippen LogP contribution in [0.15, 0.2) is 60.2 Å². The molecule has 6 heteroatoms. The molecule has 1 amide bonds. The molecule has 0 unspecified atom stereocenters. The number of methoxy groups -OCH3 is 1. The summed E-state index contributed by atoms with van der Waals surface area (Å²) in [6.45, 7) is 0.163. The fourth-order valence-corrected chi connectivity index (χ4v) is 2.05. The number of nitrogens with zero attached hydrogens (tertiary/aromatic N) is 1. The van der Waals surface area contributed by atoms with Crippen molar-refractivity contribution in [1.82, 2.24) is 5.32 Å². The van der Waals surface area contributed by atoms with Gasteiger partial charge in [-0.3, -0.25) is 4.79 Å². The molecule has 0 heterocycles. The van der Waals surface area contributed by atoms with E-state index in [1.54, 1.807) is 24.3 Å². The largest absolute Gasteiger partial charge is 0.482 e. The number of rotatable bonds is 7. The number of nitrogens with one attached hydrogen (secondary N) is 1. The van der Waals surface area contributed by atoms with Crippen molar-refractivity contribution in [1.29, 1.82) is 5.26 Å². The summed E-state index contributed by atoms with van der Waals surface area (Å²) < 4.78 is 9.73. The van der Waals surface area contributed by atoms with Crippen molar-refractivity contribution in [3.05, 3.63) is 71.3 Å². The van der Waals surface area contributed by atoms with Gasteiger partial charge < -0.3 is 14.8 Å². The molecule has 26 heavy (non-hydrogen) atoms. The van der Waals surface area contributed by atoms with Gasteiger partial charge in [0.15, 0.2) is 6.61 Å². The van der Waals surface area contributed by atoms with Crippen LogP contribution >= 0.6 is 0 Å². The second-order valence-corrected chi connectivity index (χ2v) is 5.27. The Labute approximate surface area is 151 Å². The molecule has 2 aromatic rings. The molecule has 132 valence electrons. The molecular formula is C20H18N2O4. The number of nitriles is 1. The summed E-state index contributed by atoms with van der Waals surface area (Å²) in [7, 11) is 1.28. The van der Waals surface area contributed by atoms with Crippen molar-refractivity contribution in [2.45, 2.75) is 6.54 Å². The summed E-state index contributed by atoms with van der Waals surface area (Å²) in [6, 6.07) is 18.0. The van der Waals surface area contributed by atoms with Crippen molar-refractivity contribution in [3.63, 3.8) is 0 Å². The van der Waals surface area contributed by atoms with E-state index >= 15 is 0 Å². The molecule has 6 nitrogen and oxygen atoms in total. The molecule has 2 aromatic carbocycles. The zero-order valence-electron chi connectivity index (χ0n) is 14.3. The van der Waals surface area contributed by atoms with Crippen LogP contribution in [0.1, 0.15) is 11.1 Å². The first kappa shape index (κ1) is 18.7. The molecule has 0 aliphatic heterocycles. The second-order valence-electron chi connectivity index (χ2n) is 5.27. The normalized spacial score (nSPS) is 10.5. The maximum atomic E-state index is 12.2. The lowest BCUT2D eigenvalue weighted by Gasteiger charge is -2.06. The molecule has 0 aliphatic carbocycles. The fraction of sp³-hybridized carbons (Fsp3) is 0.150. The van der Waals surface area contributed by atoms with E-state index < -0.39 is 11.9 Å². The molecule has 1 N–H and O–H groups in total. The quantitative estimate of drug-likeness (QED) is 0.471. The first-order valence-corrected chi connectivity index (χ1v) is 7.86. The Morgan fingerprint density at radius 3 is 2.42 bits per heavy atom. The highest BCUT2D eigenvalue weighted by atomic mass is 16.6. The number of benzene rings is 2. The van der Waals surface area contributed by atoms with Crippen molar-refractivity contribution >= 4 is 18.0 Å². The van der Waals surface area contributed by atoms with Gasteiger partial charge in [0, 0.05) is 6.54 Å². The third-order valence-corrected chi connectivity index (χ3v) is 3.44. The SMILES string of the molecule is COC(=O)COc1ccc(/C=C(\C#N)C(=O)NCc2ccccc2)cc1. The Morgan fingerprint density at radius 1 is 1.12 bits per heavy atom. The van der Waals surface area contributed by atoms with E-state index in [0.717, 1.165) is 5.56 Å². The van der Waals surface area contributed by atoms with Crippen LogP contribution in [0.4, 0.5) is 0 Å². The van der Waals surface area contributed by atoms with Crippen molar-refractivity contribution in [2.75, 3.05) is 13.7 Å². The molecule has 0 bridgehead atoms. The highest BCUT2D eigenvalue weighted by Gasteiger charge is 2.09. The van der Waals surface area contributed by atoms with Crippen LogP contribution in [-0.2, 0) is 20.9 Å². The summed E-state index contributed by atoms with van der Waals surface area (Å²) in [5.41, 5.74) is 1.62. The smallest absolute Gasteiger partial charge is 0.343 e. The summed E-state index contributed by atoms with van der Waals surface area (Å²) >= 11 is 0. The van der Waals surface area contributed by atoms with Crippen molar-refractivity contribution < 1.29 is 19.1 Å². The number of amides is 1. The molecule has 0 atom stereocenters. The lowest BCUT2D eigenvalue weighted by molar-refractivity contribution is -0.142.